The van der Waals surface area contributed by atoms with Crippen molar-refractivity contribution >= 4 is 33.4 Å². The van der Waals surface area contributed by atoms with Gasteiger partial charge in [-0.1, -0.05) is 30.3 Å². The Morgan fingerprint density at radius 1 is 1.03 bits per heavy atom. The predicted octanol–water partition coefficient (Wildman–Crippen LogP) is 3.98. The Bertz CT molecular complexity index is 1310. The lowest BCUT2D eigenvalue weighted by Crippen LogP contribution is -2.15. The van der Waals surface area contributed by atoms with E-state index in [2.05, 4.69) is 0 Å². The molecule has 0 bridgehead atoms. The summed E-state index contributed by atoms with van der Waals surface area (Å²) in [5.41, 5.74) is 0.328. The number of esters is 1. The minimum Gasteiger partial charge on any atom is -0.482 e. The summed E-state index contributed by atoms with van der Waals surface area (Å²) in [4.78, 5) is 34.1. The van der Waals surface area contributed by atoms with Crippen LogP contribution in [0.1, 0.15) is 5.56 Å². The highest BCUT2D eigenvalue weighted by molar-refractivity contribution is 6.07. The number of nitro benzene ring substituents is 1. The van der Waals surface area contributed by atoms with Crippen molar-refractivity contribution in [2.45, 2.75) is 6.61 Å². The standard InChI is InChI=1S/C22H15NO7/c24-20-11-15(22-18-4-2-1-3-14(18)5-10-19(22)30-20)12-29-21(25)13-28-17-8-6-16(7-9-17)23(26)27/h1-11H,12-13H2. The van der Waals surface area contributed by atoms with E-state index >= 15 is 0 Å². The van der Waals surface area contributed by atoms with Crippen LogP contribution >= 0.6 is 0 Å². The van der Waals surface area contributed by atoms with Crippen molar-refractivity contribution in [1.82, 2.24) is 0 Å². The van der Waals surface area contributed by atoms with E-state index in [0.717, 1.165) is 10.8 Å². The molecular weight excluding hydrogens is 390 g/mol. The van der Waals surface area contributed by atoms with E-state index in [0.29, 0.717) is 22.3 Å². The molecule has 8 nitrogen and oxygen atoms in total. The van der Waals surface area contributed by atoms with Gasteiger partial charge in [0.25, 0.3) is 5.69 Å². The van der Waals surface area contributed by atoms with Crippen LogP contribution in [0.4, 0.5) is 5.69 Å². The number of nitro groups is 1. The van der Waals surface area contributed by atoms with Crippen molar-refractivity contribution in [3.8, 4) is 5.75 Å². The molecule has 3 aromatic carbocycles. The molecule has 1 aromatic heterocycles. The summed E-state index contributed by atoms with van der Waals surface area (Å²) in [5, 5.41) is 13.2. The van der Waals surface area contributed by atoms with Gasteiger partial charge in [0.1, 0.15) is 17.9 Å². The zero-order valence-electron chi connectivity index (χ0n) is 15.6. The molecule has 0 spiro atoms. The SMILES string of the molecule is O=C(COc1ccc([N+](=O)[O-])cc1)OCc1cc(=O)oc2ccc3ccccc3c12. The Morgan fingerprint density at radius 2 is 1.80 bits per heavy atom. The van der Waals surface area contributed by atoms with E-state index < -0.39 is 16.5 Å². The minimum absolute atomic E-state index is 0.0769. The van der Waals surface area contributed by atoms with E-state index in [1.807, 2.05) is 30.3 Å². The van der Waals surface area contributed by atoms with Gasteiger partial charge < -0.3 is 13.9 Å². The first-order valence-electron chi connectivity index (χ1n) is 8.98. The number of hydrogen-bond acceptors (Lipinski definition) is 7. The van der Waals surface area contributed by atoms with Gasteiger partial charge in [-0.3, -0.25) is 10.1 Å². The van der Waals surface area contributed by atoms with Crippen LogP contribution in [-0.4, -0.2) is 17.5 Å². The van der Waals surface area contributed by atoms with E-state index in [1.54, 1.807) is 6.07 Å². The third kappa shape index (κ3) is 3.97. The summed E-state index contributed by atoms with van der Waals surface area (Å²) in [6.07, 6.45) is 0. The molecule has 0 radical (unpaired) electrons. The topological polar surface area (TPSA) is 109 Å². The van der Waals surface area contributed by atoms with Gasteiger partial charge in [0.2, 0.25) is 0 Å². The van der Waals surface area contributed by atoms with Gasteiger partial charge in [-0.05, 0) is 29.0 Å². The molecule has 0 aliphatic rings. The molecule has 4 aromatic rings. The summed E-state index contributed by atoms with van der Waals surface area (Å²) in [6.45, 7) is -0.503. The minimum atomic E-state index is -0.644. The molecule has 0 unspecified atom stereocenters. The zero-order valence-corrected chi connectivity index (χ0v) is 15.6. The van der Waals surface area contributed by atoms with Crippen molar-refractivity contribution in [3.63, 3.8) is 0 Å². The largest absolute Gasteiger partial charge is 0.482 e. The summed E-state index contributed by atoms with van der Waals surface area (Å²) in [7, 11) is 0. The third-order valence-corrected chi connectivity index (χ3v) is 4.51. The number of ether oxygens (including phenoxy) is 2. The highest BCUT2D eigenvalue weighted by atomic mass is 16.6. The molecule has 1 heterocycles. The van der Waals surface area contributed by atoms with Crippen LogP contribution in [-0.2, 0) is 16.1 Å². The van der Waals surface area contributed by atoms with Crippen molar-refractivity contribution in [2.24, 2.45) is 0 Å². The molecule has 0 fully saturated rings. The zero-order chi connectivity index (χ0) is 21.1. The van der Waals surface area contributed by atoms with Crippen molar-refractivity contribution < 1.29 is 23.6 Å². The smallest absolute Gasteiger partial charge is 0.344 e. The van der Waals surface area contributed by atoms with Gasteiger partial charge in [0.15, 0.2) is 6.61 Å². The number of carbonyl (C=O) groups is 1. The highest BCUT2D eigenvalue weighted by Crippen LogP contribution is 2.27. The van der Waals surface area contributed by atoms with Crippen LogP contribution in [0.2, 0.25) is 0 Å². The lowest BCUT2D eigenvalue weighted by atomic mass is 10.0. The number of carbonyl (C=O) groups excluding carboxylic acids is 1. The summed E-state index contributed by atoms with van der Waals surface area (Å²) >= 11 is 0. The fraction of sp³-hybridized carbons (Fsp3) is 0.0909. The van der Waals surface area contributed by atoms with Gasteiger partial charge in [0.05, 0.1) is 4.92 Å². The fourth-order valence-electron chi connectivity index (χ4n) is 3.14. The molecule has 4 rings (SSSR count). The molecule has 150 valence electrons. The van der Waals surface area contributed by atoms with Crippen molar-refractivity contribution in [2.75, 3.05) is 6.61 Å². The lowest BCUT2D eigenvalue weighted by molar-refractivity contribution is -0.384. The number of non-ortho nitro benzene ring substituents is 1. The molecule has 0 aliphatic carbocycles. The quantitative estimate of drug-likeness (QED) is 0.157. The second-order valence-corrected chi connectivity index (χ2v) is 6.45. The Hall–Kier alpha value is -4.20. The van der Waals surface area contributed by atoms with Crippen LogP contribution in [0, 0.1) is 10.1 Å². The highest BCUT2D eigenvalue weighted by Gasteiger charge is 2.13. The molecule has 30 heavy (non-hydrogen) atoms. The second-order valence-electron chi connectivity index (χ2n) is 6.45. The molecule has 0 saturated heterocycles. The maximum Gasteiger partial charge on any atom is 0.344 e. The normalized spacial score (nSPS) is 10.8. The van der Waals surface area contributed by atoms with Crippen molar-refractivity contribution in [3.05, 3.63) is 92.8 Å². The Kier molecular flexibility index (Phi) is 5.13. The van der Waals surface area contributed by atoms with Gasteiger partial charge in [0, 0.05) is 29.1 Å². The molecule has 0 atom stereocenters. The number of fused-ring (bicyclic) bond motifs is 3. The molecule has 0 aliphatic heterocycles. The predicted molar refractivity (Wildman–Crippen MR) is 108 cm³/mol. The maximum absolute atomic E-state index is 12.1. The molecule has 0 saturated carbocycles. The molecular formula is C22H15NO7. The fourth-order valence-corrected chi connectivity index (χ4v) is 3.14. The van der Waals surface area contributed by atoms with Crippen LogP contribution in [0.15, 0.2) is 75.9 Å². The second kappa shape index (κ2) is 8.04. The lowest BCUT2D eigenvalue weighted by Gasteiger charge is -2.10. The third-order valence-electron chi connectivity index (χ3n) is 4.51. The monoisotopic (exact) mass is 405 g/mol. The van der Waals surface area contributed by atoms with Crippen LogP contribution < -0.4 is 10.4 Å². The number of benzene rings is 3. The Labute approximate surface area is 169 Å². The molecule has 8 heteroatoms. The summed E-state index contributed by atoms with van der Waals surface area (Å²) in [5.74, 6) is -0.343. The number of hydrogen-bond donors (Lipinski definition) is 0. The Balaban J connectivity index is 1.49. The van der Waals surface area contributed by atoms with Gasteiger partial charge >= 0.3 is 11.6 Å². The average molecular weight is 405 g/mol. The molecule has 0 amide bonds. The number of nitrogens with zero attached hydrogens (tertiary/aromatic N) is 1. The van der Waals surface area contributed by atoms with Crippen molar-refractivity contribution in [1.29, 1.82) is 0 Å². The van der Waals surface area contributed by atoms with E-state index in [4.69, 9.17) is 13.9 Å². The first-order valence-corrected chi connectivity index (χ1v) is 8.98. The van der Waals surface area contributed by atoms with E-state index in [1.165, 1.54) is 30.3 Å². The molecule has 0 N–H and O–H groups in total. The Morgan fingerprint density at radius 3 is 2.57 bits per heavy atom. The van der Waals surface area contributed by atoms with Gasteiger partial charge in [-0.2, -0.15) is 0 Å². The average Bonchev–Trinajstić information content (AvgIpc) is 2.75. The van der Waals surface area contributed by atoms with Gasteiger partial charge in [-0.25, -0.2) is 9.59 Å². The maximum atomic E-state index is 12.1. The first kappa shape index (κ1) is 19.1. The summed E-state index contributed by atoms with van der Waals surface area (Å²) < 4.78 is 15.8. The first-order chi connectivity index (χ1) is 14.5. The summed E-state index contributed by atoms with van der Waals surface area (Å²) in [6, 6.07) is 17.8. The number of rotatable bonds is 6. The van der Waals surface area contributed by atoms with Crippen LogP contribution in [0.5, 0.6) is 5.75 Å². The van der Waals surface area contributed by atoms with Gasteiger partial charge in [-0.15, -0.1) is 0 Å². The van der Waals surface area contributed by atoms with E-state index in [-0.39, 0.29) is 18.9 Å². The van der Waals surface area contributed by atoms with Crippen LogP contribution in [0.3, 0.4) is 0 Å². The van der Waals surface area contributed by atoms with E-state index in [9.17, 15) is 19.7 Å². The van der Waals surface area contributed by atoms with Crippen LogP contribution in [0.25, 0.3) is 21.7 Å².